The van der Waals surface area contributed by atoms with Gasteiger partial charge in [0.1, 0.15) is 5.82 Å². The molecule has 0 amide bonds. The van der Waals surface area contributed by atoms with Crippen LogP contribution in [-0.2, 0) is 6.54 Å². The minimum absolute atomic E-state index is 0.0913. The van der Waals surface area contributed by atoms with E-state index in [4.69, 9.17) is 0 Å². The number of nitrogens with one attached hydrogen (secondary N) is 1. The summed E-state index contributed by atoms with van der Waals surface area (Å²) in [6.45, 7) is 14.1. The summed E-state index contributed by atoms with van der Waals surface area (Å²) in [6.07, 6.45) is 0. The van der Waals surface area contributed by atoms with Crippen molar-refractivity contribution >= 4 is 0 Å². The topological polar surface area (TPSA) is 15.3 Å². The van der Waals surface area contributed by atoms with Crippen molar-refractivity contribution in [3.05, 3.63) is 35.6 Å². The first-order chi connectivity index (χ1) is 9.18. The monoisotopic (exact) mass is 278 g/mol. The Morgan fingerprint density at radius 1 is 1.35 bits per heavy atom. The van der Waals surface area contributed by atoms with Gasteiger partial charge < -0.3 is 5.32 Å². The second kappa shape index (κ2) is 5.45. The number of hydrogen-bond donors (Lipinski definition) is 1. The predicted octanol–water partition coefficient (Wildman–Crippen LogP) is 3.42. The second-order valence-corrected chi connectivity index (χ2v) is 7.62. The van der Waals surface area contributed by atoms with Crippen molar-refractivity contribution < 1.29 is 4.39 Å². The molecule has 1 saturated heterocycles. The summed E-state index contributed by atoms with van der Waals surface area (Å²) < 4.78 is 13.3. The van der Waals surface area contributed by atoms with E-state index >= 15 is 0 Å². The Kier molecular flexibility index (Phi) is 4.22. The van der Waals surface area contributed by atoms with E-state index < -0.39 is 0 Å². The third kappa shape index (κ3) is 3.58. The lowest BCUT2D eigenvalue weighted by Gasteiger charge is -2.49. The fourth-order valence-electron chi connectivity index (χ4n) is 2.73. The van der Waals surface area contributed by atoms with Gasteiger partial charge in [-0.2, -0.15) is 0 Å². The molecule has 1 atom stereocenters. The van der Waals surface area contributed by atoms with E-state index in [0.717, 1.165) is 25.2 Å². The zero-order valence-electron chi connectivity index (χ0n) is 13.3. The van der Waals surface area contributed by atoms with Gasteiger partial charge in [0.05, 0.1) is 0 Å². The third-order valence-corrected chi connectivity index (χ3v) is 4.35. The summed E-state index contributed by atoms with van der Waals surface area (Å²) in [5.41, 5.74) is 1.37. The largest absolute Gasteiger partial charge is 0.310 e. The molecule has 112 valence electrons. The van der Waals surface area contributed by atoms with Crippen LogP contribution in [0.4, 0.5) is 4.39 Å². The van der Waals surface area contributed by atoms with Crippen LogP contribution in [0, 0.1) is 11.2 Å². The maximum atomic E-state index is 13.3. The average Bonchev–Trinajstić information content (AvgIpc) is 2.30. The lowest BCUT2D eigenvalue weighted by molar-refractivity contribution is 0.0295. The van der Waals surface area contributed by atoms with E-state index in [1.807, 2.05) is 6.07 Å². The molecule has 1 aliphatic heterocycles. The first kappa shape index (κ1) is 15.5. The summed E-state index contributed by atoms with van der Waals surface area (Å²) in [5, 5.41) is 3.66. The Morgan fingerprint density at radius 3 is 2.65 bits per heavy atom. The van der Waals surface area contributed by atoms with Crippen molar-refractivity contribution in [3.8, 4) is 0 Å². The Morgan fingerprint density at radius 2 is 2.05 bits per heavy atom. The Bertz CT molecular complexity index is 462. The normalized spacial score (nSPS) is 23.8. The molecule has 0 aliphatic carbocycles. The van der Waals surface area contributed by atoms with Crippen LogP contribution >= 0.6 is 0 Å². The quantitative estimate of drug-likeness (QED) is 0.891. The number of hydrogen-bond acceptors (Lipinski definition) is 2. The number of benzene rings is 1. The zero-order chi connectivity index (χ0) is 15.0. The van der Waals surface area contributed by atoms with Crippen LogP contribution in [0.3, 0.4) is 0 Å². The summed E-state index contributed by atoms with van der Waals surface area (Å²) in [5.74, 6) is -0.150. The van der Waals surface area contributed by atoms with Crippen LogP contribution < -0.4 is 5.32 Å². The molecular weight excluding hydrogens is 251 g/mol. The molecule has 2 rings (SSSR count). The van der Waals surface area contributed by atoms with Crippen LogP contribution in [0.15, 0.2) is 24.3 Å². The number of piperazine rings is 1. The lowest BCUT2D eigenvalue weighted by atomic mass is 9.82. The van der Waals surface area contributed by atoms with Gasteiger partial charge in [-0.3, -0.25) is 4.90 Å². The minimum Gasteiger partial charge on any atom is -0.310 e. The molecule has 0 radical (unpaired) electrons. The van der Waals surface area contributed by atoms with E-state index in [2.05, 4.69) is 44.8 Å². The Balaban J connectivity index is 2.14. The maximum Gasteiger partial charge on any atom is 0.123 e. The van der Waals surface area contributed by atoms with Crippen molar-refractivity contribution in [2.24, 2.45) is 5.41 Å². The molecule has 1 N–H and O–H groups in total. The molecule has 0 bridgehead atoms. The van der Waals surface area contributed by atoms with Crippen molar-refractivity contribution in [2.75, 3.05) is 13.1 Å². The highest BCUT2D eigenvalue weighted by atomic mass is 19.1. The fraction of sp³-hybridized carbons (Fsp3) is 0.647. The van der Waals surface area contributed by atoms with Crippen LogP contribution in [0.25, 0.3) is 0 Å². The highest BCUT2D eigenvalue weighted by molar-refractivity contribution is 5.17. The summed E-state index contributed by atoms with van der Waals surface area (Å²) in [7, 11) is 0. The molecule has 1 heterocycles. The van der Waals surface area contributed by atoms with E-state index in [1.165, 1.54) is 6.07 Å². The van der Waals surface area contributed by atoms with E-state index in [9.17, 15) is 4.39 Å². The van der Waals surface area contributed by atoms with Gasteiger partial charge in [-0.05, 0) is 37.0 Å². The molecule has 1 aliphatic rings. The Hall–Kier alpha value is -0.930. The van der Waals surface area contributed by atoms with Gasteiger partial charge in [-0.25, -0.2) is 4.39 Å². The molecule has 0 aromatic heterocycles. The molecular formula is C17H27FN2. The van der Waals surface area contributed by atoms with Gasteiger partial charge in [0.25, 0.3) is 0 Å². The van der Waals surface area contributed by atoms with E-state index in [0.29, 0.717) is 6.04 Å². The molecule has 0 saturated carbocycles. The fourth-order valence-corrected chi connectivity index (χ4v) is 2.73. The number of rotatable bonds is 2. The summed E-state index contributed by atoms with van der Waals surface area (Å²) >= 11 is 0. The predicted molar refractivity (Wildman–Crippen MR) is 82.1 cm³/mol. The molecule has 20 heavy (non-hydrogen) atoms. The molecule has 1 aromatic carbocycles. The molecule has 1 fully saturated rings. The van der Waals surface area contributed by atoms with Gasteiger partial charge in [-0.15, -0.1) is 0 Å². The van der Waals surface area contributed by atoms with Crippen molar-refractivity contribution in [2.45, 2.75) is 52.7 Å². The SMILES string of the molecule is CC(C)(C)C1CN(Cc2cccc(F)c2)C(C)(C)CN1. The standard InChI is InChI=1S/C17H27FN2/c1-16(2,3)15-11-20(17(4,5)12-19-15)10-13-7-6-8-14(18)9-13/h6-9,15,19H,10-12H2,1-5H3. The number of nitrogens with zero attached hydrogens (tertiary/aromatic N) is 1. The number of halogens is 1. The molecule has 1 aromatic rings. The van der Waals surface area contributed by atoms with Crippen molar-refractivity contribution in [1.29, 1.82) is 0 Å². The van der Waals surface area contributed by atoms with Gasteiger partial charge in [0, 0.05) is 31.2 Å². The maximum absolute atomic E-state index is 13.3. The van der Waals surface area contributed by atoms with Gasteiger partial charge in [-0.1, -0.05) is 32.9 Å². The smallest absolute Gasteiger partial charge is 0.123 e. The summed E-state index contributed by atoms with van der Waals surface area (Å²) in [6, 6.07) is 7.41. The van der Waals surface area contributed by atoms with Crippen molar-refractivity contribution in [1.82, 2.24) is 10.2 Å². The molecule has 1 unspecified atom stereocenters. The first-order valence-corrected chi connectivity index (χ1v) is 7.41. The highest BCUT2D eigenvalue weighted by Gasteiger charge is 2.38. The van der Waals surface area contributed by atoms with Crippen LogP contribution in [0.5, 0.6) is 0 Å². The Labute approximate surface area is 122 Å². The van der Waals surface area contributed by atoms with Crippen molar-refractivity contribution in [3.63, 3.8) is 0 Å². The van der Waals surface area contributed by atoms with E-state index in [-0.39, 0.29) is 16.8 Å². The van der Waals surface area contributed by atoms with Gasteiger partial charge in [0.2, 0.25) is 0 Å². The summed E-state index contributed by atoms with van der Waals surface area (Å²) in [4.78, 5) is 2.47. The molecule has 2 nitrogen and oxygen atoms in total. The van der Waals surface area contributed by atoms with Gasteiger partial charge >= 0.3 is 0 Å². The lowest BCUT2D eigenvalue weighted by Crippen LogP contribution is -2.64. The molecule has 3 heteroatoms. The first-order valence-electron chi connectivity index (χ1n) is 7.41. The minimum atomic E-state index is -0.150. The van der Waals surface area contributed by atoms with Crippen LogP contribution in [-0.4, -0.2) is 29.6 Å². The van der Waals surface area contributed by atoms with Gasteiger partial charge in [0.15, 0.2) is 0 Å². The second-order valence-electron chi connectivity index (χ2n) is 7.62. The molecule has 0 spiro atoms. The highest BCUT2D eigenvalue weighted by Crippen LogP contribution is 2.28. The van der Waals surface area contributed by atoms with E-state index in [1.54, 1.807) is 12.1 Å². The average molecular weight is 278 g/mol. The third-order valence-electron chi connectivity index (χ3n) is 4.35. The van der Waals surface area contributed by atoms with Crippen LogP contribution in [0.1, 0.15) is 40.2 Å². The zero-order valence-corrected chi connectivity index (χ0v) is 13.3. The van der Waals surface area contributed by atoms with Crippen LogP contribution in [0.2, 0.25) is 0 Å².